The van der Waals surface area contributed by atoms with E-state index in [0.717, 1.165) is 24.1 Å². The highest BCUT2D eigenvalue weighted by atomic mass is 35.5. The standard InChI is InChI=1S/C16H20ClNO2/c1-4-5-15(19)18-10(2)8-13-9-12(6-7-14(13)18)16(20)11(3)17/h6-7,9-11H,4-5,8H2,1-3H3. The number of halogens is 1. The van der Waals surface area contributed by atoms with Crippen LogP contribution in [-0.2, 0) is 11.2 Å². The van der Waals surface area contributed by atoms with Gasteiger partial charge >= 0.3 is 0 Å². The summed E-state index contributed by atoms with van der Waals surface area (Å²) in [7, 11) is 0. The molecule has 2 rings (SSSR count). The highest BCUT2D eigenvalue weighted by Crippen LogP contribution is 2.33. The number of rotatable bonds is 4. The molecule has 20 heavy (non-hydrogen) atoms. The largest absolute Gasteiger partial charge is 0.309 e. The summed E-state index contributed by atoms with van der Waals surface area (Å²) >= 11 is 5.85. The first-order valence-electron chi connectivity index (χ1n) is 7.09. The van der Waals surface area contributed by atoms with Crippen LogP contribution in [-0.4, -0.2) is 23.1 Å². The van der Waals surface area contributed by atoms with E-state index in [0.29, 0.717) is 12.0 Å². The van der Waals surface area contributed by atoms with Gasteiger partial charge in [-0.15, -0.1) is 11.6 Å². The molecule has 0 N–H and O–H groups in total. The molecule has 1 aliphatic heterocycles. The zero-order valence-electron chi connectivity index (χ0n) is 12.1. The minimum Gasteiger partial charge on any atom is -0.309 e. The molecule has 1 aliphatic rings. The summed E-state index contributed by atoms with van der Waals surface area (Å²) in [6.45, 7) is 5.72. The minimum atomic E-state index is -0.523. The highest BCUT2D eigenvalue weighted by molar-refractivity contribution is 6.33. The molecule has 3 nitrogen and oxygen atoms in total. The van der Waals surface area contributed by atoms with Crippen molar-refractivity contribution in [2.24, 2.45) is 0 Å². The molecule has 0 aliphatic carbocycles. The van der Waals surface area contributed by atoms with Crippen molar-refractivity contribution in [1.82, 2.24) is 0 Å². The first-order chi connectivity index (χ1) is 9.45. The third-order valence-electron chi connectivity index (χ3n) is 3.67. The van der Waals surface area contributed by atoms with Crippen LogP contribution in [0, 0.1) is 0 Å². The third-order valence-corrected chi connectivity index (χ3v) is 3.87. The maximum atomic E-state index is 12.2. The van der Waals surface area contributed by atoms with Crippen molar-refractivity contribution in [3.05, 3.63) is 29.3 Å². The second-order valence-corrected chi connectivity index (χ2v) is 6.05. The number of carbonyl (C=O) groups is 2. The van der Waals surface area contributed by atoms with Gasteiger partial charge in [-0.3, -0.25) is 9.59 Å². The van der Waals surface area contributed by atoms with Gasteiger partial charge in [0.25, 0.3) is 0 Å². The first-order valence-corrected chi connectivity index (χ1v) is 7.52. The van der Waals surface area contributed by atoms with Gasteiger partial charge in [-0.2, -0.15) is 0 Å². The third kappa shape index (κ3) is 2.73. The summed E-state index contributed by atoms with van der Waals surface area (Å²) in [6, 6.07) is 5.68. The molecule has 0 fully saturated rings. The Morgan fingerprint density at radius 1 is 1.45 bits per heavy atom. The van der Waals surface area contributed by atoms with Crippen LogP contribution in [0.15, 0.2) is 18.2 Å². The topological polar surface area (TPSA) is 37.4 Å². The molecule has 1 aromatic rings. The van der Waals surface area contributed by atoms with Crippen molar-refractivity contribution >= 4 is 29.0 Å². The number of fused-ring (bicyclic) bond motifs is 1. The van der Waals surface area contributed by atoms with Crippen LogP contribution < -0.4 is 4.90 Å². The van der Waals surface area contributed by atoms with E-state index in [9.17, 15) is 9.59 Å². The zero-order chi connectivity index (χ0) is 14.9. The van der Waals surface area contributed by atoms with Crippen LogP contribution in [0.2, 0.25) is 0 Å². The van der Waals surface area contributed by atoms with Crippen LogP contribution in [0.5, 0.6) is 0 Å². The summed E-state index contributed by atoms with van der Waals surface area (Å²) in [6.07, 6.45) is 2.20. The van der Waals surface area contributed by atoms with Crippen molar-refractivity contribution in [2.75, 3.05) is 4.90 Å². The molecule has 0 radical (unpaired) electrons. The number of ketones is 1. The second-order valence-electron chi connectivity index (χ2n) is 5.39. The van der Waals surface area contributed by atoms with E-state index < -0.39 is 5.38 Å². The van der Waals surface area contributed by atoms with Crippen LogP contribution in [0.25, 0.3) is 0 Å². The van der Waals surface area contributed by atoms with Crippen molar-refractivity contribution < 1.29 is 9.59 Å². The molecule has 1 aromatic carbocycles. The van der Waals surface area contributed by atoms with E-state index in [-0.39, 0.29) is 17.7 Å². The van der Waals surface area contributed by atoms with Gasteiger partial charge in [-0.1, -0.05) is 6.92 Å². The van der Waals surface area contributed by atoms with Crippen molar-refractivity contribution in [3.8, 4) is 0 Å². The zero-order valence-corrected chi connectivity index (χ0v) is 12.9. The number of hydrogen-bond donors (Lipinski definition) is 0. The SMILES string of the molecule is CCCC(=O)N1c2ccc(C(=O)C(C)Cl)cc2CC1C. The molecule has 2 unspecified atom stereocenters. The Kier molecular flexibility index (Phi) is 4.48. The lowest BCUT2D eigenvalue weighted by molar-refractivity contribution is -0.118. The maximum Gasteiger partial charge on any atom is 0.227 e. The van der Waals surface area contributed by atoms with Gasteiger partial charge < -0.3 is 4.90 Å². The monoisotopic (exact) mass is 293 g/mol. The Morgan fingerprint density at radius 2 is 2.15 bits per heavy atom. The predicted octanol–water partition coefficient (Wildman–Crippen LogP) is 3.57. The molecule has 0 aromatic heterocycles. The van der Waals surface area contributed by atoms with Gasteiger partial charge in [0.1, 0.15) is 0 Å². The van der Waals surface area contributed by atoms with Gasteiger partial charge in [-0.05, 0) is 50.5 Å². The summed E-state index contributed by atoms with van der Waals surface area (Å²) in [4.78, 5) is 26.0. The number of Topliss-reactive ketones (excluding diaryl/α,β-unsaturated/α-hetero) is 1. The smallest absolute Gasteiger partial charge is 0.227 e. The molecule has 1 heterocycles. The Bertz CT molecular complexity index is 539. The lowest BCUT2D eigenvalue weighted by atomic mass is 10.0. The van der Waals surface area contributed by atoms with E-state index in [1.165, 1.54) is 0 Å². The Morgan fingerprint density at radius 3 is 2.75 bits per heavy atom. The fraction of sp³-hybridized carbons (Fsp3) is 0.500. The first kappa shape index (κ1) is 15.0. The van der Waals surface area contributed by atoms with Gasteiger partial charge in [0, 0.05) is 23.7 Å². The Labute approximate surface area is 124 Å². The quantitative estimate of drug-likeness (QED) is 0.628. The van der Waals surface area contributed by atoms with E-state index in [1.807, 2.05) is 30.9 Å². The number of anilines is 1. The van der Waals surface area contributed by atoms with E-state index in [1.54, 1.807) is 13.0 Å². The number of hydrogen-bond acceptors (Lipinski definition) is 2. The second kappa shape index (κ2) is 5.96. The fourth-order valence-electron chi connectivity index (χ4n) is 2.73. The number of amides is 1. The Hall–Kier alpha value is -1.35. The predicted molar refractivity (Wildman–Crippen MR) is 81.6 cm³/mol. The molecule has 0 saturated carbocycles. The number of carbonyl (C=O) groups excluding carboxylic acids is 2. The molecule has 108 valence electrons. The number of nitrogens with zero attached hydrogens (tertiary/aromatic N) is 1. The number of benzene rings is 1. The molecular formula is C16H20ClNO2. The van der Waals surface area contributed by atoms with Gasteiger partial charge in [0.15, 0.2) is 5.78 Å². The van der Waals surface area contributed by atoms with Gasteiger partial charge in [0.2, 0.25) is 5.91 Å². The van der Waals surface area contributed by atoms with Gasteiger partial charge in [-0.25, -0.2) is 0 Å². The van der Waals surface area contributed by atoms with Crippen molar-refractivity contribution in [3.63, 3.8) is 0 Å². The average molecular weight is 294 g/mol. The van der Waals surface area contributed by atoms with Crippen LogP contribution in [0.1, 0.15) is 49.5 Å². The molecule has 0 spiro atoms. The van der Waals surface area contributed by atoms with E-state index >= 15 is 0 Å². The minimum absolute atomic E-state index is 0.0690. The molecule has 2 atom stereocenters. The summed E-state index contributed by atoms with van der Waals surface area (Å²) < 4.78 is 0. The van der Waals surface area contributed by atoms with Crippen LogP contribution >= 0.6 is 11.6 Å². The molecular weight excluding hydrogens is 274 g/mol. The lowest BCUT2D eigenvalue weighted by Crippen LogP contribution is -2.35. The molecule has 1 amide bonds. The normalized spacial score (nSPS) is 18.8. The summed E-state index contributed by atoms with van der Waals surface area (Å²) in [5, 5.41) is -0.523. The Balaban J connectivity index is 2.32. The van der Waals surface area contributed by atoms with Crippen LogP contribution in [0.4, 0.5) is 5.69 Å². The molecule has 0 bridgehead atoms. The number of alkyl halides is 1. The van der Waals surface area contributed by atoms with Crippen molar-refractivity contribution in [1.29, 1.82) is 0 Å². The highest BCUT2D eigenvalue weighted by Gasteiger charge is 2.31. The van der Waals surface area contributed by atoms with E-state index in [4.69, 9.17) is 11.6 Å². The fourth-order valence-corrected chi connectivity index (χ4v) is 2.85. The summed E-state index contributed by atoms with van der Waals surface area (Å²) in [5.74, 6) is 0.0870. The average Bonchev–Trinajstić information content (AvgIpc) is 2.72. The van der Waals surface area contributed by atoms with Crippen molar-refractivity contribution in [2.45, 2.75) is 51.5 Å². The lowest BCUT2D eigenvalue weighted by Gasteiger charge is -2.22. The maximum absolute atomic E-state index is 12.2. The van der Waals surface area contributed by atoms with E-state index in [2.05, 4.69) is 0 Å². The molecule has 4 heteroatoms. The van der Waals surface area contributed by atoms with Gasteiger partial charge in [0.05, 0.1) is 5.38 Å². The summed E-state index contributed by atoms with van der Waals surface area (Å²) in [5.41, 5.74) is 2.63. The molecule has 0 saturated heterocycles. The van der Waals surface area contributed by atoms with Crippen LogP contribution in [0.3, 0.4) is 0 Å².